The summed E-state index contributed by atoms with van der Waals surface area (Å²) in [5.41, 5.74) is 1.07. The lowest BCUT2D eigenvalue weighted by molar-refractivity contribution is 0.0522. The molecule has 0 bridgehead atoms. The van der Waals surface area contributed by atoms with Crippen molar-refractivity contribution in [2.24, 2.45) is 11.8 Å². The molecule has 1 aliphatic carbocycles. The van der Waals surface area contributed by atoms with Gasteiger partial charge in [0.1, 0.15) is 0 Å². The topological polar surface area (TPSA) is 66.8 Å². The molecule has 15 heavy (non-hydrogen) atoms. The van der Waals surface area contributed by atoms with Gasteiger partial charge in [-0.25, -0.2) is 4.57 Å². The molecule has 0 radical (unpaired) electrons. The smallest absolute Gasteiger partial charge is 0.303 e. The maximum Gasteiger partial charge on any atom is 0.469 e. The van der Waals surface area contributed by atoms with Crippen molar-refractivity contribution >= 4 is 7.82 Å². The largest absolute Gasteiger partial charge is 0.469 e. The van der Waals surface area contributed by atoms with E-state index in [2.05, 4.69) is 6.58 Å². The van der Waals surface area contributed by atoms with Crippen LogP contribution in [0.2, 0.25) is 0 Å². The SMILES string of the molecule is C=C(C)C1CCC(C)C(OP(=O)(O)O)C1. The molecule has 3 atom stereocenters. The molecular weight excluding hydrogens is 215 g/mol. The summed E-state index contributed by atoms with van der Waals surface area (Å²) in [5.74, 6) is 0.533. The Labute approximate surface area is 90.6 Å². The van der Waals surface area contributed by atoms with E-state index in [1.807, 2.05) is 13.8 Å². The maximum atomic E-state index is 10.8. The summed E-state index contributed by atoms with van der Waals surface area (Å²) in [7, 11) is -4.36. The van der Waals surface area contributed by atoms with Crippen LogP contribution in [0.1, 0.15) is 33.1 Å². The Morgan fingerprint density at radius 2 is 2.07 bits per heavy atom. The fourth-order valence-electron chi connectivity index (χ4n) is 2.05. The fourth-order valence-corrected chi connectivity index (χ4v) is 2.70. The summed E-state index contributed by atoms with van der Waals surface area (Å²) in [6, 6.07) is 0. The number of phosphoric acid groups is 1. The second-order valence-electron chi connectivity index (χ2n) is 4.47. The lowest BCUT2D eigenvalue weighted by Gasteiger charge is -2.34. The van der Waals surface area contributed by atoms with Crippen molar-refractivity contribution in [1.82, 2.24) is 0 Å². The molecule has 0 saturated heterocycles. The molecule has 0 aromatic heterocycles. The highest BCUT2D eigenvalue weighted by Gasteiger charge is 2.33. The first kappa shape index (κ1) is 12.9. The molecule has 0 amide bonds. The van der Waals surface area contributed by atoms with E-state index in [0.29, 0.717) is 12.3 Å². The van der Waals surface area contributed by atoms with Crippen molar-refractivity contribution in [3.63, 3.8) is 0 Å². The molecule has 1 aliphatic rings. The van der Waals surface area contributed by atoms with Crippen molar-refractivity contribution in [2.75, 3.05) is 0 Å². The minimum absolute atomic E-state index is 0.202. The molecule has 0 aromatic rings. The number of hydrogen-bond donors (Lipinski definition) is 2. The first-order valence-corrected chi connectivity index (χ1v) is 6.72. The van der Waals surface area contributed by atoms with Crippen molar-refractivity contribution in [1.29, 1.82) is 0 Å². The van der Waals surface area contributed by atoms with E-state index in [-0.39, 0.29) is 12.0 Å². The first-order valence-electron chi connectivity index (χ1n) is 5.19. The van der Waals surface area contributed by atoms with Gasteiger partial charge in [0.05, 0.1) is 6.10 Å². The molecule has 0 aromatic carbocycles. The highest BCUT2D eigenvalue weighted by molar-refractivity contribution is 7.46. The summed E-state index contributed by atoms with van der Waals surface area (Å²) < 4.78 is 15.6. The van der Waals surface area contributed by atoms with Crippen LogP contribution >= 0.6 is 7.82 Å². The molecule has 0 heterocycles. The van der Waals surface area contributed by atoms with Gasteiger partial charge in [0.2, 0.25) is 0 Å². The van der Waals surface area contributed by atoms with Gasteiger partial charge in [-0.05, 0) is 38.0 Å². The van der Waals surface area contributed by atoms with Gasteiger partial charge < -0.3 is 9.79 Å². The zero-order valence-electron chi connectivity index (χ0n) is 9.22. The molecule has 1 rings (SSSR count). The fraction of sp³-hybridized carbons (Fsp3) is 0.800. The lowest BCUT2D eigenvalue weighted by atomic mass is 9.78. The average Bonchev–Trinajstić information content (AvgIpc) is 2.06. The van der Waals surface area contributed by atoms with Crippen molar-refractivity contribution in [3.05, 3.63) is 12.2 Å². The maximum absolute atomic E-state index is 10.8. The number of phosphoric ester groups is 1. The van der Waals surface area contributed by atoms with Gasteiger partial charge in [0, 0.05) is 0 Å². The van der Waals surface area contributed by atoms with Crippen LogP contribution in [-0.4, -0.2) is 15.9 Å². The van der Waals surface area contributed by atoms with Gasteiger partial charge >= 0.3 is 7.82 Å². The van der Waals surface area contributed by atoms with Gasteiger partial charge in [0.15, 0.2) is 0 Å². The van der Waals surface area contributed by atoms with E-state index in [1.165, 1.54) is 0 Å². The van der Waals surface area contributed by atoms with Crippen molar-refractivity contribution < 1.29 is 18.9 Å². The third kappa shape index (κ3) is 4.07. The Bertz CT molecular complexity index is 283. The molecule has 1 saturated carbocycles. The second-order valence-corrected chi connectivity index (χ2v) is 5.66. The van der Waals surface area contributed by atoms with E-state index in [9.17, 15) is 4.57 Å². The minimum Gasteiger partial charge on any atom is -0.303 e. The van der Waals surface area contributed by atoms with E-state index < -0.39 is 7.82 Å². The Morgan fingerprint density at radius 1 is 1.47 bits per heavy atom. The number of rotatable bonds is 3. The number of allylic oxidation sites excluding steroid dienone is 1. The highest BCUT2D eigenvalue weighted by atomic mass is 31.2. The summed E-state index contributed by atoms with van der Waals surface area (Å²) in [5, 5.41) is 0. The van der Waals surface area contributed by atoms with E-state index >= 15 is 0 Å². The van der Waals surface area contributed by atoms with Gasteiger partial charge in [0.25, 0.3) is 0 Å². The van der Waals surface area contributed by atoms with Crippen molar-refractivity contribution in [3.8, 4) is 0 Å². The Morgan fingerprint density at radius 3 is 2.53 bits per heavy atom. The third-order valence-corrected chi connectivity index (χ3v) is 3.64. The molecule has 4 nitrogen and oxygen atoms in total. The quantitative estimate of drug-likeness (QED) is 0.581. The molecular formula is C10H19O4P. The van der Waals surface area contributed by atoms with Crippen LogP contribution in [0, 0.1) is 11.8 Å². The first-order chi connectivity index (χ1) is 6.79. The predicted molar refractivity (Wildman–Crippen MR) is 58.2 cm³/mol. The molecule has 1 fully saturated rings. The Balaban J connectivity index is 2.61. The standard InChI is InChI=1S/C10H19O4P/c1-7(2)9-5-4-8(3)10(6-9)14-15(11,12)13/h8-10H,1,4-6H2,2-3H3,(H2,11,12,13). The van der Waals surface area contributed by atoms with Gasteiger partial charge in [-0.3, -0.25) is 4.52 Å². The van der Waals surface area contributed by atoms with Crippen LogP contribution in [0.5, 0.6) is 0 Å². The Hall–Kier alpha value is -0.150. The molecule has 88 valence electrons. The van der Waals surface area contributed by atoms with Crippen LogP contribution < -0.4 is 0 Å². The molecule has 0 spiro atoms. The molecule has 3 unspecified atom stereocenters. The van der Waals surface area contributed by atoms with Crippen LogP contribution in [0.15, 0.2) is 12.2 Å². The predicted octanol–water partition coefficient (Wildman–Crippen LogP) is 2.48. The summed E-state index contributed by atoms with van der Waals surface area (Å²) >= 11 is 0. The van der Waals surface area contributed by atoms with E-state index in [4.69, 9.17) is 14.3 Å². The zero-order chi connectivity index (χ0) is 11.6. The van der Waals surface area contributed by atoms with Crippen LogP contribution in [-0.2, 0) is 9.09 Å². The average molecular weight is 234 g/mol. The lowest BCUT2D eigenvalue weighted by Crippen LogP contribution is -2.29. The second kappa shape index (κ2) is 4.79. The van der Waals surface area contributed by atoms with Gasteiger partial charge in [-0.1, -0.05) is 19.1 Å². The molecule has 5 heteroatoms. The van der Waals surface area contributed by atoms with E-state index in [0.717, 1.165) is 18.4 Å². The van der Waals surface area contributed by atoms with E-state index in [1.54, 1.807) is 0 Å². The van der Waals surface area contributed by atoms with Gasteiger partial charge in [-0.2, -0.15) is 0 Å². The summed E-state index contributed by atoms with van der Waals surface area (Å²) in [6.07, 6.45) is 2.29. The minimum atomic E-state index is -4.36. The zero-order valence-corrected chi connectivity index (χ0v) is 10.1. The normalized spacial score (nSPS) is 32.7. The van der Waals surface area contributed by atoms with Crippen LogP contribution in [0.4, 0.5) is 0 Å². The van der Waals surface area contributed by atoms with Crippen LogP contribution in [0.3, 0.4) is 0 Å². The summed E-state index contributed by atoms with van der Waals surface area (Å²) in [4.78, 5) is 17.6. The monoisotopic (exact) mass is 234 g/mol. The summed E-state index contributed by atoms with van der Waals surface area (Å²) in [6.45, 7) is 7.81. The number of hydrogen-bond acceptors (Lipinski definition) is 2. The van der Waals surface area contributed by atoms with Crippen molar-refractivity contribution in [2.45, 2.75) is 39.2 Å². The van der Waals surface area contributed by atoms with Gasteiger partial charge in [-0.15, -0.1) is 0 Å². The molecule has 2 N–H and O–H groups in total. The Kier molecular flexibility index (Phi) is 4.13. The third-order valence-electron chi connectivity index (χ3n) is 3.09. The molecule has 0 aliphatic heterocycles. The van der Waals surface area contributed by atoms with Crippen LogP contribution in [0.25, 0.3) is 0 Å². The highest BCUT2D eigenvalue weighted by Crippen LogP contribution is 2.44.